The molecule has 0 atom stereocenters. The number of alkyl halides is 3. The zero-order valence-corrected chi connectivity index (χ0v) is 20.3. The van der Waals surface area contributed by atoms with Crippen molar-refractivity contribution in [3.63, 3.8) is 0 Å². The van der Waals surface area contributed by atoms with Crippen molar-refractivity contribution in [2.75, 3.05) is 11.6 Å². The second kappa shape index (κ2) is 10.9. The van der Waals surface area contributed by atoms with Crippen LogP contribution in [0, 0.1) is 6.92 Å². The highest BCUT2D eigenvalue weighted by molar-refractivity contribution is 7.98. The van der Waals surface area contributed by atoms with E-state index in [1.165, 1.54) is 17.8 Å². The van der Waals surface area contributed by atoms with E-state index in [-0.39, 0.29) is 11.9 Å². The molecule has 1 amide bonds. The smallest absolute Gasteiger partial charge is 0.431 e. The molecule has 2 aromatic rings. The van der Waals surface area contributed by atoms with Gasteiger partial charge >= 0.3 is 6.18 Å². The Labute approximate surface area is 205 Å². The van der Waals surface area contributed by atoms with Crippen LogP contribution in [0.15, 0.2) is 64.0 Å². The number of carbonyl (C=O) groups excluding carboxylic acids is 1. The van der Waals surface area contributed by atoms with Crippen LogP contribution >= 0.6 is 11.8 Å². The average Bonchev–Trinajstić information content (AvgIpc) is 2.77. The number of amides is 1. The number of nitrogens with zero attached hydrogens (tertiary/aromatic N) is 1. The van der Waals surface area contributed by atoms with Crippen molar-refractivity contribution in [3.8, 4) is 11.6 Å². The Hall–Kier alpha value is -3.34. The molecular formula is C24H27F3N4O3S. The van der Waals surface area contributed by atoms with E-state index in [4.69, 9.17) is 20.9 Å². The molecule has 3 rings (SSSR count). The van der Waals surface area contributed by atoms with Gasteiger partial charge in [-0.3, -0.25) is 4.79 Å². The van der Waals surface area contributed by atoms with E-state index in [1.54, 1.807) is 31.2 Å². The molecule has 0 radical (unpaired) electrons. The molecular weight excluding hydrogens is 481 g/mol. The molecule has 7 nitrogen and oxygen atoms in total. The number of benzene rings is 1. The van der Waals surface area contributed by atoms with Crippen LogP contribution in [-0.4, -0.2) is 29.4 Å². The molecule has 1 aromatic carbocycles. The summed E-state index contributed by atoms with van der Waals surface area (Å²) in [5, 5.41) is 2.57. The number of halogens is 3. The third-order valence-corrected chi connectivity index (χ3v) is 6.18. The number of pyridine rings is 1. The summed E-state index contributed by atoms with van der Waals surface area (Å²) in [7, 11) is 0. The lowest BCUT2D eigenvalue weighted by Crippen LogP contribution is -2.27. The molecule has 0 bridgehead atoms. The summed E-state index contributed by atoms with van der Waals surface area (Å²) >= 11 is 1.44. The van der Waals surface area contributed by atoms with Crippen LogP contribution in [0.3, 0.4) is 0 Å². The molecule has 0 aliphatic heterocycles. The van der Waals surface area contributed by atoms with Crippen LogP contribution in [0.1, 0.15) is 31.9 Å². The number of anilines is 1. The molecule has 1 heterocycles. The number of nitrogens with one attached hydrogen (secondary N) is 1. The van der Waals surface area contributed by atoms with Gasteiger partial charge in [0.2, 0.25) is 11.8 Å². The lowest BCUT2D eigenvalue weighted by atomic mass is 9.96. The molecule has 1 fully saturated rings. The Bertz CT molecular complexity index is 1160. The molecule has 0 spiro atoms. The number of ether oxygens (including phenoxy) is 2. The van der Waals surface area contributed by atoms with Crippen LogP contribution in [0.5, 0.6) is 11.6 Å². The lowest BCUT2D eigenvalue weighted by molar-refractivity contribution is -0.112. The minimum atomic E-state index is -4.87. The second-order valence-electron chi connectivity index (χ2n) is 7.97. The largest absolute Gasteiger partial charge is 0.474 e. The Balaban J connectivity index is 1.95. The van der Waals surface area contributed by atoms with Gasteiger partial charge in [-0.05, 0) is 69.2 Å². The van der Waals surface area contributed by atoms with Crippen molar-refractivity contribution >= 4 is 23.4 Å². The van der Waals surface area contributed by atoms with Crippen molar-refractivity contribution in [2.24, 2.45) is 11.5 Å². The van der Waals surface area contributed by atoms with Gasteiger partial charge in [0.15, 0.2) is 5.75 Å². The summed E-state index contributed by atoms with van der Waals surface area (Å²) in [6.07, 6.45) is 0.127. The van der Waals surface area contributed by atoms with Crippen LogP contribution in [0.2, 0.25) is 0 Å². The quantitative estimate of drug-likeness (QED) is 0.199. The summed E-state index contributed by atoms with van der Waals surface area (Å²) in [6.45, 7) is 2.70. The molecule has 5 N–H and O–H groups in total. The molecule has 0 saturated heterocycles. The maximum Gasteiger partial charge on any atom is 0.431 e. The van der Waals surface area contributed by atoms with E-state index in [0.29, 0.717) is 17.3 Å². The zero-order chi connectivity index (χ0) is 25.8. The van der Waals surface area contributed by atoms with Gasteiger partial charge in [-0.25, -0.2) is 4.98 Å². The van der Waals surface area contributed by atoms with Gasteiger partial charge in [-0.15, -0.1) is 11.8 Å². The van der Waals surface area contributed by atoms with E-state index in [2.05, 4.69) is 10.3 Å². The van der Waals surface area contributed by atoms with Crippen LogP contribution < -0.4 is 26.3 Å². The standard InChI is InChI=1S/C24H27F3N4O3S/c1-13(21(28)24(25,26)27)20(23(32)31-15-6-4-9-17(12-15)35-3)22(29)34-18-10-11-19(30-14(18)2)33-16-7-5-8-16/h4,6,9-12,16H,5,7-8,28-29H2,1-3H3,(H,31,32)/b21-13-,22-20-. The molecule has 1 aliphatic rings. The minimum absolute atomic E-state index is 0.122. The van der Waals surface area contributed by atoms with E-state index >= 15 is 0 Å². The molecule has 0 unspecified atom stereocenters. The second-order valence-corrected chi connectivity index (χ2v) is 8.85. The number of nitrogens with two attached hydrogens (primary N) is 2. The first-order valence-electron chi connectivity index (χ1n) is 10.8. The maximum absolute atomic E-state index is 13.3. The highest BCUT2D eigenvalue weighted by Gasteiger charge is 2.36. The van der Waals surface area contributed by atoms with Crippen molar-refractivity contribution in [2.45, 2.75) is 50.3 Å². The van der Waals surface area contributed by atoms with Gasteiger partial charge in [0, 0.05) is 16.6 Å². The third-order valence-electron chi connectivity index (χ3n) is 5.46. The zero-order valence-electron chi connectivity index (χ0n) is 19.5. The number of rotatable bonds is 8. The summed E-state index contributed by atoms with van der Waals surface area (Å²) in [5.41, 5.74) is 9.56. The summed E-state index contributed by atoms with van der Waals surface area (Å²) < 4.78 is 51.4. The first-order valence-corrected chi connectivity index (χ1v) is 12.0. The van der Waals surface area contributed by atoms with Crippen molar-refractivity contribution in [1.82, 2.24) is 4.98 Å². The van der Waals surface area contributed by atoms with Crippen LogP contribution in [0.4, 0.5) is 18.9 Å². The van der Waals surface area contributed by atoms with E-state index in [9.17, 15) is 18.0 Å². The summed E-state index contributed by atoms with van der Waals surface area (Å²) in [5.74, 6) is -0.880. The van der Waals surface area contributed by atoms with Gasteiger partial charge in [0.05, 0.1) is 5.69 Å². The number of hydrogen-bond acceptors (Lipinski definition) is 7. The highest BCUT2D eigenvalue weighted by atomic mass is 32.2. The average molecular weight is 509 g/mol. The maximum atomic E-state index is 13.3. The fourth-order valence-corrected chi connectivity index (χ4v) is 3.70. The number of hydrogen-bond donors (Lipinski definition) is 3. The highest BCUT2D eigenvalue weighted by Crippen LogP contribution is 2.31. The normalized spacial score (nSPS) is 15.5. The SMILES string of the molecule is CSc1cccc(NC(=O)C(=C(/N)Oc2ccc(OC3CCC3)nc2C)/C(C)=C(\N)C(F)(F)F)c1. The van der Waals surface area contributed by atoms with Gasteiger partial charge < -0.3 is 26.3 Å². The van der Waals surface area contributed by atoms with E-state index < -0.39 is 34.8 Å². The number of thioether (sulfide) groups is 1. The first-order chi connectivity index (χ1) is 16.5. The predicted molar refractivity (Wildman–Crippen MR) is 129 cm³/mol. The predicted octanol–water partition coefficient (Wildman–Crippen LogP) is 5.03. The van der Waals surface area contributed by atoms with Gasteiger partial charge in [-0.1, -0.05) is 6.07 Å². The molecule has 188 valence electrons. The summed E-state index contributed by atoms with van der Waals surface area (Å²) in [4.78, 5) is 18.3. The Morgan fingerprint density at radius 1 is 1.20 bits per heavy atom. The Morgan fingerprint density at radius 3 is 2.49 bits per heavy atom. The number of aryl methyl sites for hydroxylation is 1. The monoisotopic (exact) mass is 508 g/mol. The van der Waals surface area contributed by atoms with Crippen molar-refractivity contribution in [1.29, 1.82) is 0 Å². The summed E-state index contributed by atoms with van der Waals surface area (Å²) in [6, 6.07) is 9.93. The Morgan fingerprint density at radius 2 is 1.91 bits per heavy atom. The molecule has 1 saturated carbocycles. The van der Waals surface area contributed by atoms with Crippen LogP contribution in [0.25, 0.3) is 0 Å². The molecule has 11 heteroatoms. The third kappa shape index (κ3) is 6.62. The molecule has 1 aromatic heterocycles. The molecule has 1 aliphatic carbocycles. The fraction of sp³-hybridized carbons (Fsp3) is 0.333. The van der Waals surface area contributed by atoms with Gasteiger partial charge in [0.1, 0.15) is 17.4 Å². The van der Waals surface area contributed by atoms with Crippen LogP contribution in [-0.2, 0) is 4.79 Å². The van der Waals surface area contributed by atoms with E-state index in [1.807, 2.05) is 12.3 Å². The number of aromatic nitrogens is 1. The number of allylic oxidation sites excluding steroid dienone is 1. The Kier molecular flexibility index (Phi) is 8.21. The van der Waals surface area contributed by atoms with Crippen molar-refractivity contribution < 1.29 is 27.4 Å². The van der Waals surface area contributed by atoms with E-state index in [0.717, 1.165) is 31.1 Å². The minimum Gasteiger partial charge on any atom is -0.474 e. The van der Waals surface area contributed by atoms with Gasteiger partial charge in [0.25, 0.3) is 5.91 Å². The van der Waals surface area contributed by atoms with Crippen molar-refractivity contribution in [3.05, 3.63) is 64.8 Å². The number of carbonyl (C=O) groups is 1. The van der Waals surface area contributed by atoms with Gasteiger partial charge in [-0.2, -0.15) is 13.2 Å². The first kappa shape index (κ1) is 26.3. The topological polar surface area (TPSA) is 112 Å². The molecule has 35 heavy (non-hydrogen) atoms. The lowest BCUT2D eigenvalue weighted by Gasteiger charge is -2.26. The fourth-order valence-electron chi connectivity index (χ4n) is 3.24.